The first-order chi connectivity index (χ1) is 14.2. The van der Waals surface area contributed by atoms with Crippen molar-refractivity contribution in [1.29, 1.82) is 0 Å². The molecule has 0 bridgehead atoms. The van der Waals surface area contributed by atoms with Gasteiger partial charge in [-0.3, -0.25) is 19.7 Å². The van der Waals surface area contributed by atoms with Crippen LogP contribution < -0.4 is 15.4 Å². The van der Waals surface area contributed by atoms with Crippen molar-refractivity contribution in [1.82, 2.24) is 5.32 Å². The quantitative estimate of drug-likeness (QED) is 0.391. The second-order valence-corrected chi connectivity index (χ2v) is 7.32. The molecule has 0 saturated heterocycles. The Morgan fingerprint density at radius 1 is 1.23 bits per heavy atom. The summed E-state index contributed by atoms with van der Waals surface area (Å²) in [6.45, 7) is 1.53. The Balaban J connectivity index is 1.69. The molecule has 9 nitrogen and oxygen atoms in total. The number of rotatable bonds is 5. The van der Waals surface area contributed by atoms with Crippen LogP contribution in [-0.2, 0) is 21.6 Å². The normalized spacial score (nSPS) is 17.6. The Bertz CT molecular complexity index is 1010. The number of methoxy groups -OCH3 is 1. The maximum atomic E-state index is 12.3. The van der Waals surface area contributed by atoms with Gasteiger partial charge >= 0.3 is 11.8 Å². The van der Waals surface area contributed by atoms with Crippen LogP contribution in [0.4, 0.5) is 11.4 Å². The Kier molecular flexibility index (Phi) is 6.02. The van der Waals surface area contributed by atoms with Gasteiger partial charge in [-0.1, -0.05) is 12.1 Å². The van der Waals surface area contributed by atoms with Crippen molar-refractivity contribution < 1.29 is 24.4 Å². The number of hydrogen-bond acceptors (Lipinski definition) is 6. The standard InChI is InChI=1S/C21H23N3O6/c1-13-5-8-17(18(10-13)24(28)29)23-20(26)19(25)22-12-21(27)9-3-4-14-11-15(30-2)6-7-16(14)21/h5-8,10-11,27H,3-4,9,12H2,1-2H3,(H,22,25)(H,23,26). The highest BCUT2D eigenvalue weighted by Crippen LogP contribution is 2.36. The number of amides is 2. The zero-order valence-electron chi connectivity index (χ0n) is 16.7. The van der Waals surface area contributed by atoms with E-state index < -0.39 is 22.3 Å². The van der Waals surface area contributed by atoms with Crippen molar-refractivity contribution in [3.05, 3.63) is 63.2 Å². The molecule has 30 heavy (non-hydrogen) atoms. The molecule has 2 amide bonds. The second-order valence-electron chi connectivity index (χ2n) is 7.32. The highest BCUT2D eigenvalue weighted by atomic mass is 16.6. The van der Waals surface area contributed by atoms with Crippen LogP contribution in [-0.4, -0.2) is 35.5 Å². The van der Waals surface area contributed by atoms with E-state index in [1.807, 2.05) is 6.07 Å². The lowest BCUT2D eigenvalue weighted by Gasteiger charge is -2.34. The largest absolute Gasteiger partial charge is 0.497 e. The van der Waals surface area contributed by atoms with Crippen LogP contribution in [0.15, 0.2) is 36.4 Å². The fraction of sp³-hybridized carbons (Fsp3) is 0.333. The minimum absolute atomic E-state index is 0.0698. The molecule has 3 N–H and O–H groups in total. The van der Waals surface area contributed by atoms with Crippen LogP contribution >= 0.6 is 0 Å². The summed E-state index contributed by atoms with van der Waals surface area (Å²) in [5, 5.41) is 27.0. The summed E-state index contributed by atoms with van der Waals surface area (Å²) < 4.78 is 5.22. The summed E-state index contributed by atoms with van der Waals surface area (Å²) in [4.78, 5) is 35.0. The van der Waals surface area contributed by atoms with Gasteiger partial charge in [0.15, 0.2) is 0 Å². The minimum atomic E-state index is -1.31. The first-order valence-electron chi connectivity index (χ1n) is 9.47. The van der Waals surface area contributed by atoms with Gasteiger partial charge in [-0.25, -0.2) is 0 Å². The van der Waals surface area contributed by atoms with Crippen molar-refractivity contribution in [2.24, 2.45) is 0 Å². The van der Waals surface area contributed by atoms with Gasteiger partial charge in [0.05, 0.1) is 18.6 Å². The van der Waals surface area contributed by atoms with Crippen LogP contribution in [0.3, 0.4) is 0 Å². The molecule has 1 unspecified atom stereocenters. The number of nitrogens with one attached hydrogen (secondary N) is 2. The van der Waals surface area contributed by atoms with Crippen LogP contribution in [0.5, 0.6) is 5.75 Å². The van der Waals surface area contributed by atoms with Crippen molar-refractivity contribution in [3.63, 3.8) is 0 Å². The molecule has 1 aliphatic rings. The third kappa shape index (κ3) is 4.41. The SMILES string of the molecule is COc1ccc2c(c1)CCCC2(O)CNC(=O)C(=O)Nc1ccc(C)cc1[N+](=O)[O-]. The van der Waals surface area contributed by atoms with E-state index in [1.54, 1.807) is 32.2 Å². The van der Waals surface area contributed by atoms with Crippen molar-refractivity contribution in [2.45, 2.75) is 31.8 Å². The molecule has 0 spiro atoms. The zero-order valence-corrected chi connectivity index (χ0v) is 16.7. The van der Waals surface area contributed by atoms with E-state index in [9.17, 15) is 24.8 Å². The van der Waals surface area contributed by atoms with E-state index in [2.05, 4.69) is 10.6 Å². The Morgan fingerprint density at radius 2 is 2.00 bits per heavy atom. The molecule has 0 saturated carbocycles. The predicted octanol–water partition coefficient (Wildman–Crippen LogP) is 2.19. The summed E-state index contributed by atoms with van der Waals surface area (Å²) in [5.41, 5.74) is 0.580. The maximum absolute atomic E-state index is 12.3. The van der Waals surface area contributed by atoms with Crippen molar-refractivity contribution in [2.75, 3.05) is 19.0 Å². The number of nitro benzene ring substituents is 1. The minimum Gasteiger partial charge on any atom is -0.497 e. The fourth-order valence-corrected chi connectivity index (χ4v) is 3.63. The molecule has 0 aliphatic heterocycles. The topological polar surface area (TPSA) is 131 Å². The molecule has 2 aromatic rings. The number of benzene rings is 2. The monoisotopic (exact) mass is 413 g/mol. The van der Waals surface area contributed by atoms with Crippen LogP contribution in [0.2, 0.25) is 0 Å². The summed E-state index contributed by atoms with van der Waals surface area (Å²) in [6.07, 6.45) is 1.92. The summed E-state index contributed by atoms with van der Waals surface area (Å²) in [7, 11) is 1.56. The third-order valence-corrected chi connectivity index (χ3v) is 5.20. The van der Waals surface area contributed by atoms with E-state index in [0.29, 0.717) is 29.7 Å². The average Bonchev–Trinajstić information content (AvgIpc) is 2.73. The van der Waals surface area contributed by atoms with Gasteiger partial charge < -0.3 is 20.5 Å². The lowest BCUT2D eigenvalue weighted by Crippen LogP contribution is -2.46. The second kappa shape index (κ2) is 8.50. The number of anilines is 1. The number of carbonyl (C=O) groups is 2. The van der Waals surface area contributed by atoms with Gasteiger partial charge in [-0.15, -0.1) is 0 Å². The number of aryl methyl sites for hydroxylation is 2. The smallest absolute Gasteiger partial charge is 0.313 e. The molecular weight excluding hydrogens is 390 g/mol. The van der Waals surface area contributed by atoms with Gasteiger partial charge in [-0.2, -0.15) is 0 Å². The first kappa shape index (κ1) is 21.3. The summed E-state index contributed by atoms with van der Waals surface area (Å²) in [6, 6.07) is 9.62. The number of ether oxygens (including phenoxy) is 1. The summed E-state index contributed by atoms with van der Waals surface area (Å²) in [5.74, 6) is -1.35. The average molecular weight is 413 g/mol. The molecule has 158 valence electrons. The van der Waals surface area contributed by atoms with Crippen molar-refractivity contribution >= 4 is 23.2 Å². The van der Waals surface area contributed by atoms with Gasteiger partial charge in [-0.05, 0) is 61.1 Å². The number of hydrogen-bond donors (Lipinski definition) is 3. The Hall–Kier alpha value is -3.46. The molecular formula is C21H23N3O6. The van der Waals surface area contributed by atoms with Crippen LogP contribution in [0.1, 0.15) is 29.5 Å². The fourth-order valence-electron chi connectivity index (χ4n) is 3.63. The number of aliphatic hydroxyl groups is 1. The molecule has 9 heteroatoms. The lowest BCUT2D eigenvalue weighted by atomic mass is 9.79. The molecule has 0 fully saturated rings. The number of carbonyl (C=O) groups excluding carboxylic acids is 2. The first-order valence-corrected chi connectivity index (χ1v) is 9.47. The molecule has 1 atom stereocenters. The molecule has 2 aromatic carbocycles. The number of nitrogens with zero attached hydrogens (tertiary/aromatic N) is 1. The van der Waals surface area contributed by atoms with E-state index in [1.165, 1.54) is 12.1 Å². The summed E-state index contributed by atoms with van der Waals surface area (Å²) >= 11 is 0. The van der Waals surface area contributed by atoms with E-state index in [0.717, 1.165) is 12.0 Å². The van der Waals surface area contributed by atoms with E-state index >= 15 is 0 Å². The van der Waals surface area contributed by atoms with Gasteiger partial charge in [0.2, 0.25) is 0 Å². The molecule has 1 aliphatic carbocycles. The van der Waals surface area contributed by atoms with Gasteiger partial charge in [0.25, 0.3) is 5.69 Å². The number of fused-ring (bicyclic) bond motifs is 1. The third-order valence-electron chi connectivity index (χ3n) is 5.20. The van der Waals surface area contributed by atoms with Crippen LogP contribution in [0.25, 0.3) is 0 Å². The van der Waals surface area contributed by atoms with Gasteiger partial charge in [0, 0.05) is 6.07 Å². The zero-order chi connectivity index (χ0) is 21.9. The highest BCUT2D eigenvalue weighted by Gasteiger charge is 2.35. The van der Waals surface area contributed by atoms with Gasteiger partial charge in [0.1, 0.15) is 17.0 Å². The predicted molar refractivity (Wildman–Crippen MR) is 109 cm³/mol. The molecule has 0 aromatic heterocycles. The maximum Gasteiger partial charge on any atom is 0.313 e. The molecule has 3 rings (SSSR count). The number of nitro groups is 1. The van der Waals surface area contributed by atoms with E-state index in [4.69, 9.17) is 4.74 Å². The van der Waals surface area contributed by atoms with E-state index in [-0.39, 0.29) is 17.9 Å². The highest BCUT2D eigenvalue weighted by molar-refractivity contribution is 6.39. The Morgan fingerprint density at radius 3 is 2.70 bits per heavy atom. The van der Waals surface area contributed by atoms with Crippen LogP contribution in [0, 0.1) is 17.0 Å². The lowest BCUT2D eigenvalue weighted by molar-refractivity contribution is -0.384. The molecule has 0 radical (unpaired) electrons. The Labute approximate surface area is 173 Å². The molecule has 0 heterocycles. The van der Waals surface area contributed by atoms with Crippen molar-refractivity contribution in [3.8, 4) is 5.75 Å².